The first-order valence-corrected chi connectivity index (χ1v) is 13.0. The molecule has 0 spiro atoms. The van der Waals surface area contributed by atoms with E-state index >= 15 is 0 Å². The fraction of sp³-hybridized carbons (Fsp3) is 0.538. The Bertz CT molecular complexity index is 1000. The number of aryl methyl sites for hydroxylation is 1. The van der Waals surface area contributed by atoms with Gasteiger partial charge in [-0.25, -0.2) is 12.5 Å². The lowest BCUT2D eigenvalue weighted by molar-refractivity contribution is -0.156. The summed E-state index contributed by atoms with van der Waals surface area (Å²) in [6, 6.07) is 3.67. The highest BCUT2D eigenvalue weighted by molar-refractivity contribution is 8.03. The van der Waals surface area contributed by atoms with Gasteiger partial charge in [0.1, 0.15) is 17.9 Å². The van der Waals surface area contributed by atoms with Gasteiger partial charge in [-0.05, 0) is 51.8 Å². The molecule has 1 atom stereocenters. The number of thiol groups is 1. The van der Waals surface area contributed by atoms with E-state index in [4.69, 9.17) is 9.47 Å². The third-order valence-corrected chi connectivity index (χ3v) is 5.15. The Kier molecular flexibility index (Phi) is 18.0. The zero-order chi connectivity index (χ0) is 30.7. The smallest absolute Gasteiger partial charge is 0.308 e. The van der Waals surface area contributed by atoms with Crippen LogP contribution in [0.5, 0.6) is 0 Å². The molecule has 14 heteroatoms. The normalized spacial score (nSPS) is 11.2. The number of esters is 1. The lowest BCUT2D eigenvalue weighted by Crippen LogP contribution is -2.48. The van der Waals surface area contributed by atoms with Crippen molar-refractivity contribution in [3.63, 3.8) is 0 Å². The standard InChI is InChI=1S/C26H38N4O8.BHS/c1-18-8-9-19(15-20(18)25(36)30(17-32)21(7-6-12-31)24(35)27-5)29-16-22(33)28-11-14-37-13-10-23(34)38-26(2,3)4;1-2/h8-9,12,15,17,21,29H,6-7,10-11,13-14,16H2,1-5H3,(H,27,35)(H,28,33);2H. The summed E-state index contributed by atoms with van der Waals surface area (Å²) in [6.45, 7) is 7.57. The minimum Gasteiger partial charge on any atom is -0.460 e. The van der Waals surface area contributed by atoms with Crippen LogP contribution in [0, 0.1) is 6.92 Å². The number of carbonyl (C=O) groups is 6. The second kappa shape index (κ2) is 19.6. The first-order chi connectivity index (χ1) is 18.9. The number of carbonyl (C=O) groups excluding carboxylic acids is 6. The van der Waals surface area contributed by atoms with E-state index in [0.29, 0.717) is 17.5 Å². The van der Waals surface area contributed by atoms with Gasteiger partial charge in [-0.3, -0.25) is 28.9 Å². The van der Waals surface area contributed by atoms with Gasteiger partial charge in [0.15, 0.2) is 7.12 Å². The summed E-state index contributed by atoms with van der Waals surface area (Å²) in [5, 5.41) is 7.98. The molecule has 0 aromatic heterocycles. The van der Waals surface area contributed by atoms with Crippen molar-refractivity contribution in [2.24, 2.45) is 0 Å². The lowest BCUT2D eigenvalue weighted by Gasteiger charge is -2.25. The topological polar surface area (TPSA) is 160 Å². The maximum Gasteiger partial charge on any atom is 0.308 e. The van der Waals surface area contributed by atoms with Gasteiger partial charge in [0.25, 0.3) is 5.91 Å². The summed E-state index contributed by atoms with van der Waals surface area (Å²) < 4.78 is 10.5. The summed E-state index contributed by atoms with van der Waals surface area (Å²) in [7, 11) is 5.57. The molecule has 3 N–H and O–H groups in total. The van der Waals surface area contributed by atoms with Crippen LogP contribution >= 0.6 is 12.5 Å². The largest absolute Gasteiger partial charge is 0.460 e. The van der Waals surface area contributed by atoms with E-state index in [1.165, 1.54) is 13.1 Å². The van der Waals surface area contributed by atoms with Crippen molar-refractivity contribution in [3.8, 4) is 0 Å². The van der Waals surface area contributed by atoms with Crippen LogP contribution in [0.25, 0.3) is 0 Å². The molecule has 1 rings (SSSR count). The lowest BCUT2D eigenvalue weighted by atomic mass is 10.0. The Labute approximate surface area is 242 Å². The number of benzene rings is 1. The number of nitrogens with one attached hydrogen (secondary N) is 3. The van der Waals surface area contributed by atoms with Crippen molar-refractivity contribution < 1.29 is 38.2 Å². The SMILES string of the molecule is CNC(=O)C(CCC=O)N(C=O)C(=O)c1cc(NCC(=O)NCCOCCC(=O)OC(C)(C)C)ccc1C.[B]S. The van der Waals surface area contributed by atoms with Gasteiger partial charge >= 0.3 is 5.97 Å². The zero-order valence-electron chi connectivity index (χ0n) is 23.7. The van der Waals surface area contributed by atoms with E-state index in [1.807, 2.05) is 0 Å². The van der Waals surface area contributed by atoms with E-state index in [9.17, 15) is 28.8 Å². The number of hydrogen-bond acceptors (Lipinski definition) is 10. The fourth-order valence-corrected chi connectivity index (χ4v) is 3.31. The van der Waals surface area contributed by atoms with Gasteiger partial charge in [-0.1, -0.05) is 6.07 Å². The molecular formula is C26H39BN4O8S. The number of hydrogen-bond donors (Lipinski definition) is 4. The Morgan fingerprint density at radius 3 is 2.38 bits per heavy atom. The highest BCUT2D eigenvalue weighted by Crippen LogP contribution is 2.19. The molecule has 1 aromatic carbocycles. The molecule has 1 unspecified atom stereocenters. The Hall–Kier alpha value is -3.39. The van der Waals surface area contributed by atoms with Crippen LogP contribution in [-0.2, 0) is 33.4 Å². The molecule has 0 aliphatic carbocycles. The first-order valence-electron chi connectivity index (χ1n) is 12.5. The van der Waals surface area contributed by atoms with E-state index in [-0.39, 0.29) is 69.4 Å². The van der Waals surface area contributed by atoms with Crippen LogP contribution in [0.4, 0.5) is 5.69 Å². The third kappa shape index (κ3) is 14.1. The molecule has 4 amide bonds. The number of ether oxygens (including phenoxy) is 2. The highest BCUT2D eigenvalue weighted by Gasteiger charge is 2.30. The van der Waals surface area contributed by atoms with Crippen LogP contribution in [0.1, 0.15) is 56.0 Å². The number of likely N-dealkylation sites (N-methyl/N-ethyl adjacent to an activating group) is 1. The molecular weight excluding hydrogens is 539 g/mol. The molecule has 0 fully saturated rings. The molecule has 0 aliphatic heterocycles. The molecule has 220 valence electrons. The van der Waals surface area contributed by atoms with Gasteiger partial charge in [0, 0.05) is 31.3 Å². The molecule has 0 heterocycles. The van der Waals surface area contributed by atoms with Crippen LogP contribution in [0.15, 0.2) is 18.2 Å². The van der Waals surface area contributed by atoms with Crippen molar-refractivity contribution in [1.82, 2.24) is 15.5 Å². The summed E-state index contributed by atoms with van der Waals surface area (Å²) in [4.78, 5) is 72.5. The fourth-order valence-electron chi connectivity index (χ4n) is 3.31. The minimum atomic E-state index is -1.14. The monoisotopic (exact) mass is 578 g/mol. The molecule has 0 aliphatic rings. The van der Waals surface area contributed by atoms with Crippen molar-refractivity contribution in [2.75, 3.05) is 38.7 Å². The number of anilines is 1. The summed E-state index contributed by atoms with van der Waals surface area (Å²) in [5.41, 5.74) is 0.632. The van der Waals surface area contributed by atoms with E-state index in [1.54, 1.807) is 39.8 Å². The summed E-state index contributed by atoms with van der Waals surface area (Å²) in [5.74, 6) is -1.95. The van der Waals surface area contributed by atoms with Crippen LogP contribution in [0.2, 0.25) is 0 Å². The number of amides is 4. The summed E-state index contributed by atoms with van der Waals surface area (Å²) >= 11 is 3.03. The Balaban J connectivity index is 0.00000742. The van der Waals surface area contributed by atoms with Gasteiger partial charge in [-0.15, -0.1) is 0 Å². The zero-order valence-corrected chi connectivity index (χ0v) is 24.5. The van der Waals surface area contributed by atoms with Gasteiger partial charge in [-0.2, -0.15) is 0 Å². The van der Waals surface area contributed by atoms with Gasteiger partial charge in [0.2, 0.25) is 18.2 Å². The van der Waals surface area contributed by atoms with Gasteiger partial charge < -0.3 is 30.2 Å². The predicted molar refractivity (Wildman–Crippen MR) is 154 cm³/mol. The predicted octanol–water partition coefficient (Wildman–Crippen LogP) is 0.964. The molecule has 0 bridgehead atoms. The molecule has 0 saturated carbocycles. The second-order valence-corrected chi connectivity index (χ2v) is 9.37. The number of aldehydes is 1. The van der Waals surface area contributed by atoms with Crippen LogP contribution in [0.3, 0.4) is 0 Å². The van der Waals surface area contributed by atoms with Crippen LogP contribution < -0.4 is 16.0 Å². The quantitative estimate of drug-likeness (QED) is 0.0737. The van der Waals surface area contributed by atoms with Crippen molar-refractivity contribution in [2.45, 2.75) is 58.6 Å². The van der Waals surface area contributed by atoms with Crippen LogP contribution in [-0.4, -0.2) is 93.4 Å². The van der Waals surface area contributed by atoms with Gasteiger partial charge in [0.05, 0.1) is 26.2 Å². The molecule has 2 radical (unpaired) electrons. The van der Waals surface area contributed by atoms with E-state index in [0.717, 1.165) is 4.90 Å². The second-order valence-electron chi connectivity index (χ2n) is 9.37. The third-order valence-electron chi connectivity index (χ3n) is 5.15. The van der Waals surface area contributed by atoms with Crippen molar-refractivity contribution in [3.05, 3.63) is 29.3 Å². The van der Waals surface area contributed by atoms with E-state index < -0.39 is 23.5 Å². The van der Waals surface area contributed by atoms with E-state index in [2.05, 4.69) is 35.6 Å². The number of nitrogens with zero attached hydrogens (tertiary/aromatic N) is 1. The minimum absolute atomic E-state index is 0.000175. The average molecular weight is 578 g/mol. The molecule has 0 saturated heterocycles. The maximum atomic E-state index is 13.1. The Morgan fingerprint density at radius 1 is 1.12 bits per heavy atom. The highest BCUT2D eigenvalue weighted by atomic mass is 32.1. The number of imide groups is 1. The molecule has 40 heavy (non-hydrogen) atoms. The maximum absolute atomic E-state index is 13.1. The average Bonchev–Trinajstić information content (AvgIpc) is 2.91. The van der Waals surface area contributed by atoms with Crippen molar-refractivity contribution >= 4 is 61.7 Å². The molecule has 1 aromatic rings. The number of rotatable bonds is 16. The first kappa shape index (κ1) is 36.6. The molecule has 12 nitrogen and oxygen atoms in total. The van der Waals surface area contributed by atoms with Crippen molar-refractivity contribution in [1.29, 1.82) is 0 Å². The Morgan fingerprint density at radius 2 is 1.80 bits per heavy atom. The summed E-state index contributed by atoms with van der Waals surface area (Å²) in [6.07, 6.45) is 0.996.